The van der Waals surface area contributed by atoms with E-state index in [1.807, 2.05) is 31.2 Å². The number of thiophene rings is 2. The van der Waals surface area contributed by atoms with E-state index in [1.165, 1.54) is 72.8 Å². The van der Waals surface area contributed by atoms with Crippen molar-refractivity contribution in [1.29, 1.82) is 0 Å². The lowest BCUT2D eigenvalue weighted by Gasteiger charge is -2.40. The molecule has 5 rings (SSSR count). The third-order valence-corrected chi connectivity index (χ3v) is 14.8. The molecule has 3 nitrogen and oxygen atoms in total. The van der Waals surface area contributed by atoms with Crippen LogP contribution < -0.4 is 0 Å². The van der Waals surface area contributed by atoms with Gasteiger partial charge in [0.25, 0.3) is 0 Å². The van der Waals surface area contributed by atoms with E-state index in [0.717, 1.165) is 26.7 Å². The zero-order valence-corrected chi connectivity index (χ0v) is 26.9. The molecule has 2 aromatic heterocycles. The minimum absolute atomic E-state index is 0.104. The van der Waals surface area contributed by atoms with Gasteiger partial charge in [-0.1, -0.05) is 60.7 Å². The van der Waals surface area contributed by atoms with Crippen LogP contribution in [0.15, 0.2) is 123 Å². The van der Waals surface area contributed by atoms with Gasteiger partial charge in [-0.05, 0) is 76.9 Å². The van der Waals surface area contributed by atoms with Gasteiger partial charge < -0.3 is 0 Å². The smallest absolute Gasteiger partial charge is 0.201 e. The van der Waals surface area contributed by atoms with E-state index in [-0.39, 0.29) is 14.0 Å². The molecule has 3 aromatic carbocycles. The predicted octanol–water partition coefficient (Wildman–Crippen LogP) is 11.4. The van der Waals surface area contributed by atoms with Gasteiger partial charge in [-0.3, -0.25) is 0 Å². The fraction of sp³-hybridized carbons (Fsp3) is 0.161. The minimum Gasteiger partial charge on any atom is -0.201 e. The van der Waals surface area contributed by atoms with Crippen molar-refractivity contribution in [1.82, 2.24) is 0 Å². The highest BCUT2D eigenvalue weighted by molar-refractivity contribution is 8.34. The summed E-state index contributed by atoms with van der Waals surface area (Å²) in [7, 11) is -11.3. The van der Waals surface area contributed by atoms with Gasteiger partial charge in [0.15, 0.2) is 0 Å². The Bertz CT molecular complexity index is 1910. The fourth-order valence-corrected chi connectivity index (χ4v) is 12.4. The van der Waals surface area contributed by atoms with Gasteiger partial charge in [0.2, 0.25) is 0 Å². The van der Waals surface area contributed by atoms with Gasteiger partial charge in [-0.2, -0.15) is 47.9 Å². The number of alkyl halides is 9. The third-order valence-electron chi connectivity index (χ3n) is 6.83. The van der Waals surface area contributed by atoms with Crippen LogP contribution in [0.2, 0.25) is 0 Å². The van der Waals surface area contributed by atoms with Crippen LogP contribution >= 0.6 is 33.0 Å². The van der Waals surface area contributed by atoms with Crippen molar-refractivity contribution in [2.24, 2.45) is 0 Å². The Labute approximate surface area is 272 Å². The van der Waals surface area contributed by atoms with Crippen molar-refractivity contribution in [2.45, 2.75) is 44.2 Å². The zero-order chi connectivity index (χ0) is 34.5. The molecule has 0 fully saturated rings. The molecule has 0 aliphatic heterocycles. The van der Waals surface area contributed by atoms with Crippen molar-refractivity contribution in [3.63, 3.8) is 0 Å². The molecule has 0 N–H and O–H groups in total. The normalized spacial score (nSPS) is 13.9. The molecule has 0 aliphatic carbocycles. The summed E-state index contributed by atoms with van der Waals surface area (Å²) < 4.78 is 157. The minimum atomic E-state index is -7.46. The van der Waals surface area contributed by atoms with Gasteiger partial charge in [0, 0.05) is 24.4 Å². The molecule has 0 amide bonds. The maximum absolute atomic E-state index is 15.1. The molecule has 5 aromatic rings. The van der Waals surface area contributed by atoms with E-state index in [4.69, 9.17) is 3.63 Å². The number of benzene rings is 3. The summed E-state index contributed by atoms with van der Waals surface area (Å²) in [6.45, 7) is 1.95. The largest absolute Gasteiger partial charge is 0.460 e. The highest BCUT2D eigenvalue weighted by atomic mass is 32.3. The molecular formula is C31H21F9O3S4. The molecule has 0 saturated carbocycles. The molecule has 250 valence electrons. The Kier molecular flexibility index (Phi) is 9.16. The third kappa shape index (κ3) is 5.98. The summed E-state index contributed by atoms with van der Waals surface area (Å²) in [6, 6.07) is 27.2. The van der Waals surface area contributed by atoms with Crippen molar-refractivity contribution < 1.29 is 51.6 Å². The topological polar surface area (TPSA) is 43.4 Å². The van der Waals surface area contributed by atoms with Crippen LogP contribution in [0.25, 0.3) is 20.9 Å². The Morgan fingerprint density at radius 2 is 1.00 bits per heavy atom. The first kappa shape index (κ1) is 35.0. The van der Waals surface area contributed by atoms with E-state index < -0.39 is 43.7 Å². The number of hydrogen-bond acceptors (Lipinski definition) is 5. The summed E-state index contributed by atoms with van der Waals surface area (Å²) in [5, 5.41) is -7.04. The Morgan fingerprint density at radius 1 is 0.553 bits per heavy atom. The molecule has 0 atom stereocenters. The van der Waals surface area contributed by atoms with E-state index >= 15 is 8.78 Å². The monoisotopic (exact) mass is 740 g/mol. The van der Waals surface area contributed by atoms with Crippen molar-refractivity contribution in [3.05, 3.63) is 114 Å². The molecular weight excluding hydrogens is 720 g/mol. The van der Waals surface area contributed by atoms with Gasteiger partial charge in [0.05, 0.1) is 4.21 Å². The first-order chi connectivity index (χ1) is 21.8. The van der Waals surface area contributed by atoms with Crippen LogP contribution in [0.4, 0.5) is 39.5 Å². The zero-order valence-electron chi connectivity index (χ0n) is 23.7. The van der Waals surface area contributed by atoms with Crippen LogP contribution in [-0.4, -0.2) is 31.7 Å². The average molecular weight is 741 g/mol. The number of halogens is 9. The Hall–Kier alpha value is -3.31. The average Bonchev–Trinajstić information content (AvgIpc) is 3.70. The lowest BCUT2D eigenvalue weighted by Crippen LogP contribution is -2.63. The lowest BCUT2D eigenvalue weighted by atomic mass is 10.1. The van der Waals surface area contributed by atoms with Crippen LogP contribution in [0.5, 0.6) is 0 Å². The number of aryl methyl sites for hydroxylation is 1. The van der Waals surface area contributed by atoms with E-state index in [1.54, 1.807) is 23.5 Å². The second-order valence-corrected chi connectivity index (χ2v) is 17.1. The van der Waals surface area contributed by atoms with Crippen LogP contribution in [0.1, 0.15) is 4.88 Å². The van der Waals surface area contributed by atoms with Gasteiger partial charge >= 0.3 is 33.4 Å². The standard InChI is InChI=1S/C31H21F9O3S4/c1-20-12-17-25(44-20)21-13-15-22(16-14-21)26-18-19-27(45-26)46(23-8-4-2-5-9-23,24-10-6-3-7-11-24)43-47(41,42)31(39,40)29(34,35)28(32,33)30(36,37)38/h2-19H,1H3. The van der Waals surface area contributed by atoms with E-state index in [9.17, 15) is 39.2 Å². The highest BCUT2D eigenvalue weighted by Crippen LogP contribution is 2.73. The summed E-state index contributed by atoms with van der Waals surface area (Å²) >= 11 is 2.41. The van der Waals surface area contributed by atoms with Crippen LogP contribution in [0, 0.1) is 6.92 Å². The first-order valence-electron chi connectivity index (χ1n) is 13.2. The molecule has 0 spiro atoms. The molecule has 0 bridgehead atoms. The maximum atomic E-state index is 15.1. The highest BCUT2D eigenvalue weighted by Gasteiger charge is 2.86. The van der Waals surface area contributed by atoms with E-state index in [0.29, 0.717) is 10.4 Å². The quantitative estimate of drug-likeness (QED) is 0.134. The van der Waals surface area contributed by atoms with Gasteiger partial charge in [-0.25, -0.2) is 3.63 Å². The summed E-state index contributed by atoms with van der Waals surface area (Å²) in [5.74, 6) is -14.9. The Balaban J connectivity index is 1.68. The predicted molar refractivity (Wildman–Crippen MR) is 164 cm³/mol. The molecule has 0 aliphatic rings. The van der Waals surface area contributed by atoms with Crippen molar-refractivity contribution in [3.8, 4) is 20.9 Å². The summed E-state index contributed by atoms with van der Waals surface area (Å²) in [5.41, 5.74) is 1.49. The van der Waals surface area contributed by atoms with Crippen molar-refractivity contribution >= 4 is 43.1 Å². The maximum Gasteiger partial charge on any atom is 0.460 e. The summed E-state index contributed by atoms with van der Waals surface area (Å²) in [4.78, 5) is 2.25. The van der Waals surface area contributed by atoms with Crippen LogP contribution in [-0.2, 0) is 13.7 Å². The fourth-order valence-electron chi connectivity index (χ4n) is 4.42. The van der Waals surface area contributed by atoms with Crippen LogP contribution in [0.3, 0.4) is 0 Å². The number of rotatable bonds is 10. The molecule has 16 heteroatoms. The van der Waals surface area contributed by atoms with Gasteiger partial charge in [0.1, 0.15) is 0 Å². The summed E-state index contributed by atoms with van der Waals surface area (Å²) in [6.07, 6.45) is -7.22. The number of hydrogen-bond donors (Lipinski definition) is 0. The Morgan fingerprint density at radius 3 is 1.43 bits per heavy atom. The second kappa shape index (κ2) is 12.3. The molecule has 47 heavy (non-hydrogen) atoms. The SMILES string of the molecule is Cc1ccc(-c2ccc(-c3ccc(S(OS(=O)(=O)C(F)(F)C(F)(F)C(F)(F)C(F)(F)F)(c4ccccc4)c4ccccc4)s3)cc2)s1. The second-order valence-electron chi connectivity index (χ2n) is 9.97. The molecule has 0 unspecified atom stereocenters. The van der Waals surface area contributed by atoms with Crippen molar-refractivity contribution in [2.75, 3.05) is 0 Å². The van der Waals surface area contributed by atoms with E-state index in [2.05, 4.69) is 0 Å². The molecule has 0 radical (unpaired) electrons. The lowest BCUT2D eigenvalue weighted by molar-refractivity contribution is -0.382. The molecule has 2 heterocycles. The van der Waals surface area contributed by atoms with Gasteiger partial charge in [-0.15, -0.1) is 22.7 Å². The first-order valence-corrected chi connectivity index (χ1v) is 17.8. The molecule has 0 saturated heterocycles.